The van der Waals surface area contributed by atoms with Crippen LogP contribution in [-0.4, -0.2) is 59.7 Å². The molecule has 0 spiro atoms. The number of halogens is 1. The highest BCUT2D eigenvalue weighted by molar-refractivity contribution is 6.33. The zero-order chi connectivity index (χ0) is 24.3. The van der Waals surface area contributed by atoms with Crippen LogP contribution in [0.25, 0.3) is 33.5 Å². The van der Waals surface area contributed by atoms with Gasteiger partial charge in [-0.15, -0.1) is 0 Å². The molecule has 0 aliphatic carbocycles. The van der Waals surface area contributed by atoms with Crippen molar-refractivity contribution in [3.63, 3.8) is 0 Å². The molecule has 8 heteroatoms. The van der Waals surface area contributed by atoms with Gasteiger partial charge in [-0.05, 0) is 29.2 Å². The first-order valence-electron chi connectivity index (χ1n) is 12.3. The van der Waals surface area contributed by atoms with Gasteiger partial charge >= 0.3 is 0 Å². The molecule has 36 heavy (non-hydrogen) atoms. The van der Waals surface area contributed by atoms with Crippen molar-refractivity contribution in [2.75, 3.05) is 26.4 Å². The summed E-state index contributed by atoms with van der Waals surface area (Å²) >= 11 is 6.63. The van der Waals surface area contributed by atoms with Gasteiger partial charge in [0, 0.05) is 17.6 Å². The third-order valence-corrected chi connectivity index (χ3v) is 7.79. The summed E-state index contributed by atoms with van der Waals surface area (Å²) < 4.78 is 23.0. The molecule has 0 saturated carbocycles. The SMILES string of the molecule is CC1(c2ccc(-c3ccc(-c4nc5nc(OC6CO[C@@H]7CCO[C@H]67)[nH]c5cc4Cl)cc3)cc2)COC1. The second-order valence-electron chi connectivity index (χ2n) is 10.1. The maximum absolute atomic E-state index is 6.63. The highest BCUT2D eigenvalue weighted by Crippen LogP contribution is 2.35. The molecule has 3 aliphatic heterocycles. The zero-order valence-corrected chi connectivity index (χ0v) is 20.6. The van der Waals surface area contributed by atoms with Crippen molar-refractivity contribution in [3.05, 3.63) is 65.2 Å². The molecule has 184 valence electrons. The van der Waals surface area contributed by atoms with E-state index in [9.17, 15) is 0 Å². The number of rotatable bonds is 5. The Morgan fingerprint density at radius 3 is 2.42 bits per heavy atom. The number of ether oxygens (including phenoxy) is 4. The minimum Gasteiger partial charge on any atom is -0.456 e. The molecule has 1 N–H and O–H groups in total. The predicted octanol–water partition coefficient (Wildman–Crippen LogP) is 5.17. The van der Waals surface area contributed by atoms with E-state index in [0.29, 0.717) is 35.6 Å². The van der Waals surface area contributed by atoms with Crippen LogP contribution >= 0.6 is 11.6 Å². The molecule has 3 saturated heterocycles. The van der Waals surface area contributed by atoms with Crippen LogP contribution in [0.2, 0.25) is 5.02 Å². The first-order chi connectivity index (χ1) is 17.6. The smallest absolute Gasteiger partial charge is 0.296 e. The van der Waals surface area contributed by atoms with E-state index in [4.69, 9.17) is 35.5 Å². The quantitative estimate of drug-likeness (QED) is 0.405. The molecular formula is C28H26ClN3O4. The molecule has 2 aromatic heterocycles. The standard InChI is InChI=1S/C28H26ClN3O4/c1-28(14-33-15-28)19-8-6-17(7-9-19)16-2-4-18(5-3-16)24-20(29)12-21-26(31-24)32-27(30-21)36-23-13-35-22-10-11-34-25(22)23/h2-9,12,22-23,25H,10-11,13-15H2,1H3,(H,30,31,32)/t22-,23?,25+/m1/s1. The van der Waals surface area contributed by atoms with Gasteiger partial charge in [-0.1, -0.05) is 67.1 Å². The number of hydrogen-bond acceptors (Lipinski definition) is 6. The predicted molar refractivity (Wildman–Crippen MR) is 136 cm³/mol. The van der Waals surface area contributed by atoms with E-state index in [2.05, 4.69) is 53.3 Å². The van der Waals surface area contributed by atoms with E-state index in [-0.39, 0.29) is 23.7 Å². The van der Waals surface area contributed by atoms with Gasteiger partial charge in [-0.25, -0.2) is 4.98 Å². The van der Waals surface area contributed by atoms with Crippen molar-refractivity contribution in [2.45, 2.75) is 37.1 Å². The first kappa shape index (κ1) is 22.2. The molecule has 7 nitrogen and oxygen atoms in total. The molecule has 4 aromatic rings. The van der Waals surface area contributed by atoms with Crippen LogP contribution < -0.4 is 4.74 Å². The average molecular weight is 504 g/mol. The Morgan fingerprint density at radius 1 is 0.972 bits per heavy atom. The Labute approximate surface area is 213 Å². The highest BCUT2D eigenvalue weighted by Gasteiger charge is 2.43. The van der Waals surface area contributed by atoms with Gasteiger partial charge in [0.2, 0.25) is 0 Å². The molecule has 3 aliphatic rings. The van der Waals surface area contributed by atoms with E-state index in [1.165, 1.54) is 11.1 Å². The van der Waals surface area contributed by atoms with Gasteiger partial charge in [-0.3, -0.25) is 0 Å². The van der Waals surface area contributed by atoms with Gasteiger partial charge in [-0.2, -0.15) is 4.98 Å². The number of imidazole rings is 1. The minimum absolute atomic E-state index is 0.0460. The van der Waals surface area contributed by atoms with Crippen LogP contribution in [0.4, 0.5) is 0 Å². The summed E-state index contributed by atoms with van der Waals surface area (Å²) in [5, 5.41) is 0.550. The molecule has 5 heterocycles. The molecular weight excluding hydrogens is 478 g/mol. The van der Waals surface area contributed by atoms with Crippen LogP contribution in [0, 0.1) is 0 Å². The molecule has 3 atom stereocenters. The minimum atomic E-state index is -0.181. The number of aromatic nitrogens is 3. The summed E-state index contributed by atoms with van der Waals surface area (Å²) in [6.45, 7) is 5.01. The number of nitrogens with one attached hydrogen (secondary N) is 1. The lowest BCUT2D eigenvalue weighted by Gasteiger charge is -2.38. The van der Waals surface area contributed by atoms with E-state index < -0.39 is 0 Å². The Kier molecular flexibility index (Phi) is 5.29. The molecule has 0 amide bonds. The van der Waals surface area contributed by atoms with Crippen molar-refractivity contribution >= 4 is 22.8 Å². The maximum Gasteiger partial charge on any atom is 0.296 e. The summed E-state index contributed by atoms with van der Waals surface area (Å²) in [5.41, 5.74) is 6.66. The summed E-state index contributed by atoms with van der Waals surface area (Å²) in [6.07, 6.45) is 0.791. The van der Waals surface area contributed by atoms with E-state index >= 15 is 0 Å². The average Bonchev–Trinajstić information content (AvgIpc) is 3.59. The van der Waals surface area contributed by atoms with Gasteiger partial charge in [0.15, 0.2) is 11.8 Å². The Hall–Kier alpha value is -2.97. The Morgan fingerprint density at radius 2 is 1.69 bits per heavy atom. The normalized spacial score (nSPS) is 24.6. The number of aromatic amines is 1. The second kappa shape index (κ2) is 8.56. The van der Waals surface area contributed by atoms with Crippen molar-refractivity contribution in [2.24, 2.45) is 0 Å². The van der Waals surface area contributed by atoms with E-state index in [1.54, 1.807) is 0 Å². The monoisotopic (exact) mass is 503 g/mol. The van der Waals surface area contributed by atoms with E-state index in [0.717, 1.165) is 36.3 Å². The summed E-state index contributed by atoms with van der Waals surface area (Å²) in [7, 11) is 0. The van der Waals surface area contributed by atoms with Crippen LogP contribution in [0.5, 0.6) is 6.01 Å². The number of H-pyrrole nitrogens is 1. The maximum atomic E-state index is 6.63. The number of fused-ring (bicyclic) bond motifs is 2. The molecule has 0 bridgehead atoms. The lowest BCUT2D eigenvalue weighted by Crippen LogP contribution is -2.43. The van der Waals surface area contributed by atoms with Crippen LogP contribution in [-0.2, 0) is 19.6 Å². The number of nitrogens with zero attached hydrogens (tertiary/aromatic N) is 2. The lowest BCUT2D eigenvalue weighted by molar-refractivity contribution is -0.0500. The molecule has 2 aromatic carbocycles. The molecule has 7 rings (SSSR count). The van der Waals surface area contributed by atoms with Crippen molar-refractivity contribution in [1.82, 2.24) is 15.0 Å². The summed E-state index contributed by atoms with van der Waals surface area (Å²) in [5.74, 6) is 0. The molecule has 3 fully saturated rings. The fourth-order valence-corrected chi connectivity index (χ4v) is 5.55. The zero-order valence-electron chi connectivity index (χ0n) is 19.9. The van der Waals surface area contributed by atoms with Crippen molar-refractivity contribution in [1.29, 1.82) is 0 Å². The van der Waals surface area contributed by atoms with Crippen molar-refractivity contribution in [3.8, 4) is 28.4 Å². The molecule has 0 radical (unpaired) electrons. The van der Waals surface area contributed by atoms with Gasteiger partial charge in [0.25, 0.3) is 6.01 Å². The topological polar surface area (TPSA) is 78.5 Å². The van der Waals surface area contributed by atoms with Crippen LogP contribution in [0.15, 0.2) is 54.6 Å². The largest absolute Gasteiger partial charge is 0.456 e. The van der Waals surface area contributed by atoms with Crippen LogP contribution in [0.1, 0.15) is 18.9 Å². The summed E-state index contributed by atoms with van der Waals surface area (Å²) in [6, 6.07) is 19.3. The Bertz CT molecular complexity index is 1420. The fraction of sp³-hybridized carbons (Fsp3) is 0.357. The lowest BCUT2D eigenvalue weighted by atomic mass is 9.80. The molecule has 1 unspecified atom stereocenters. The third-order valence-electron chi connectivity index (χ3n) is 7.50. The third kappa shape index (κ3) is 3.78. The second-order valence-corrected chi connectivity index (χ2v) is 10.5. The summed E-state index contributed by atoms with van der Waals surface area (Å²) in [4.78, 5) is 12.5. The fourth-order valence-electron chi connectivity index (χ4n) is 5.29. The Balaban J connectivity index is 1.11. The van der Waals surface area contributed by atoms with Gasteiger partial charge < -0.3 is 23.9 Å². The van der Waals surface area contributed by atoms with Gasteiger partial charge in [0.1, 0.15) is 6.10 Å². The van der Waals surface area contributed by atoms with Crippen LogP contribution in [0.3, 0.4) is 0 Å². The van der Waals surface area contributed by atoms with E-state index in [1.807, 2.05) is 18.2 Å². The number of hydrogen-bond donors (Lipinski definition) is 1. The highest BCUT2D eigenvalue weighted by atomic mass is 35.5. The first-order valence-corrected chi connectivity index (χ1v) is 12.7. The number of benzene rings is 2. The number of pyridine rings is 1. The van der Waals surface area contributed by atoms with Crippen molar-refractivity contribution < 1.29 is 18.9 Å². The van der Waals surface area contributed by atoms with Gasteiger partial charge in [0.05, 0.1) is 42.2 Å².